The summed E-state index contributed by atoms with van der Waals surface area (Å²) in [5.74, 6) is 0. The number of halogens is 3. The predicted molar refractivity (Wildman–Crippen MR) is 72.8 cm³/mol. The molecule has 0 aliphatic heterocycles. The molecule has 0 spiro atoms. The lowest BCUT2D eigenvalue weighted by Gasteiger charge is -2.15. The Bertz CT molecular complexity index is 408. The van der Waals surface area contributed by atoms with Gasteiger partial charge in [-0.05, 0) is 18.2 Å². The van der Waals surface area contributed by atoms with Crippen LogP contribution in [-0.4, -0.2) is 5.17 Å². The maximum Gasteiger partial charge on any atom is 0.131 e. The highest BCUT2D eigenvalue weighted by molar-refractivity contribution is 6.66. The Labute approximate surface area is 111 Å². The minimum absolute atomic E-state index is 0.195. The normalized spacial score (nSPS) is 12.8. The molecule has 0 aliphatic carbocycles. The van der Waals surface area contributed by atoms with Gasteiger partial charge in [-0.3, -0.25) is 5.43 Å². The van der Waals surface area contributed by atoms with Gasteiger partial charge < -0.3 is 0 Å². The molecule has 1 aromatic carbocycles. The molecule has 0 amide bonds. The summed E-state index contributed by atoms with van der Waals surface area (Å²) in [6.07, 6.45) is 0. The van der Waals surface area contributed by atoms with Gasteiger partial charge in [-0.1, -0.05) is 55.6 Å². The van der Waals surface area contributed by atoms with E-state index in [2.05, 4.69) is 10.5 Å². The zero-order valence-electron chi connectivity index (χ0n) is 9.31. The zero-order chi connectivity index (χ0) is 12.3. The van der Waals surface area contributed by atoms with Gasteiger partial charge in [-0.2, -0.15) is 5.10 Å². The van der Waals surface area contributed by atoms with Crippen LogP contribution < -0.4 is 5.43 Å². The molecule has 0 saturated heterocycles. The second-order valence-electron chi connectivity index (χ2n) is 4.39. The standard InChI is InChI=1S/C11H13Cl3N2/c1-11(2,3)10(14)16-15-9-6-7(12)4-5-8(9)13/h4-6,15H,1-3H3. The van der Waals surface area contributed by atoms with E-state index >= 15 is 0 Å². The fourth-order valence-electron chi connectivity index (χ4n) is 0.860. The van der Waals surface area contributed by atoms with Crippen LogP contribution in [0.2, 0.25) is 10.0 Å². The largest absolute Gasteiger partial charge is 0.276 e. The van der Waals surface area contributed by atoms with Crippen LogP contribution >= 0.6 is 34.8 Å². The summed E-state index contributed by atoms with van der Waals surface area (Å²) < 4.78 is 0. The first-order valence-electron chi connectivity index (χ1n) is 4.75. The molecule has 0 bridgehead atoms. The van der Waals surface area contributed by atoms with Crippen LogP contribution in [0.3, 0.4) is 0 Å². The number of nitrogens with one attached hydrogen (secondary N) is 1. The molecule has 0 fully saturated rings. The van der Waals surface area contributed by atoms with Crippen molar-refractivity contribution in [1.82, 2.24) is 0 Å². The lowest BCUT2D eigenvalue weighted by molar-refractivity contribution is 0.599. The quantitative estimate of drug-likeness (QED) is 0.597. The van der Waals surface area contributed by atoms with Crippen LogP contribution in [-0.2, 0) is 0 Å². The van der Waals surface area contributed by atoms with Gasteiger partial charge in [0.15, 0.2) is 0 Å². The van der Waals surface area contributed by atoms with Crippen LogP contribution in [0.25, 0.3) is 0 Å². The lowest BCUT2D eigenvalue weighted by atomic mass is 9.99. The van der Waals surface area contributed by atoms with Gasteiger partial charge >= 0.3 is 0 Å². The van der Waals surface area contributed by atoms with Crippen molar-refractivity contribution < 1.29 is 0 Å². The Morgan fingerprint density at radius 2 is 1.88 bits per heavy atom. The van der Waals surface area contributed by atoms with E-state index in [4.69, 9.17) is 34.8 Å². The molecule has 0 heterocycles. The molecule has 0 aromatic heterocycles. The van der Waals surface area contributed by atoms with Gasteiger partial charge in [0.05, 0.1) is 10.7 Å². The van der Waals surface area contributed by atoms with Gasteiger partial charge in [0.1, 0.15) is 5.17 Å². The average Bonchev–Trinajstić information content (AvgIpc) is 2.17. The highest BCUT2D eigenvalue weighted by atomic mass is 35.5. The molecule has 1 aromatic rings. The summed E-state index contributed by atoms with van der Waals surface area (Å²) in [6.45, 7) is 5.92. The minimum Gasteiger partial charge on any atom is -0.276 e. The van der Waals surface area contributed by atoms with E-state index in [1.54, 1.807) is 18.2 Å². The molecule has 0 unspecified atom stereocenters. The Morgan fingerprint density at radius 3 is 2.44 bits per heavy atom. The first kappa shape index (κ1) is 13.6. The maximum atomic E-state index is 6.01. The molecule has 1 rings (SSSR count). The van der Waals surface area contributed by atoms with Gasteiger partial charge in [-0.15, -0.1) is 0 Å². The van der Waals surface area contributed by atoms with Crippen molar-refractivity contribution >= 4 is 45.7 Å². The van der Waals surface area contributed by atoms with E-state index in [9.17, 15) is 0 Å². The topological polar surface area (TPSA) is 24.4 Å². The van der Waals surface area contributed by atoms with Crippen molar-refractivity contribution in [3.8, 4) is 0 Å². The second kappa shape index (κ2) is 5.26. The predicted octanol–water partition coefficient (Wildman–Crippen LogP) is 5.00. The molecule has 5 heteroatoms. The summed E-state index contributed by atoms with van der Waals surface area (Å²) in [5.41, 5.74) is 3.24. The SMILES string of the molecule is CC(C)(C)C(Cl)=NNc1cc(Cl)ccc1Cl. The van der Waals surface area contributed by atoms with Gasteiger partial charge in [0.25, 0.3) is 0 Å². The molecular formula is C11H13Cl3N2. The second-order valence-corrected chi connectivity index (χ2v) is 5.59. The fraction of sp³-hybridized carbons (Fsp3) is 0.364. The van der Waals surface area contributed by atoms with Crippen LogP contribution in [0.5, 0.6) is 0 Å². The number of hydrazone groups is 1. The Kier molecular flexibility index (Phi) is 4.48. The van der Waals surface area contributed by atoms with Crippen LogP contribution in [0.1, 0.15) is 20.8 Å². The molecular weight excluding hydrogens is 266 g/mol. The van der Waals surface area contributed by atoms with Gasteiger partial charge in [0, 0.05) is 10.4 Å². The smallest absolute Gasteiger partial charge is 0.131 e. The number of anilines is 1. The van der Waals surface area contributed by atoms with Gasteiger partial charge in [0.2, 0.25) is 0 Å². The molecule has 0 atom stereocenters. The highest BCUT2D eigenvalue weighted by Crippen LogP contribution is 2.26. The molecule has 16 heavy (non-hydrogen) atoms. The molecule has 0 radical (unpaired) electrons. The third kappa shape index (κ3) is 3.85. The Hall–Kier alpha value is -0.440. The van der Waals surface area contributed by atoms with Crippen molar-refractivity contribution in [2.45, 2.75) is 20.8 Å². The summed E-state index contributed by atoms with van der Waals surface area (Å²) in [5, 5.41) is 5.67. The summed E-state index contributed by atoms with van der Waals surface area (Å²) >= 11 is 17.8. The number of benzene rings is 1. The number of hydrogen-bond donors (Lipinski definition) is 1. The summed E-state index contributed by atoms with van der Waals surface area (Å²) in [7, 11) is 0. The number of rotatable bonds is 2. The van der Waals surface area contributed by atoms with E-state index in [-0.39, 0.29) is 5.41 Å². The monoisotopic (exact) mass is 278 g/mol. The molecule has 1 N–H and O–H groups in total. The van der Waals surface area contributed by atoms with E-state index in [0.29, 0.717) is 20.9 Å². The molecule has 0 saturated carbocycles. The number of nitrogens with zero attached hydrogens (tertiary/aromatic N) is 1. The molecule has 88 valence electrons. The Morgan fingerprint density at radius 1 is 1.25 bits per heavy atom. The van der Waals surface area contributed by atoms with Crippen LogP contribution in [0.15, 0.2) is 23.3 Å². The van der Waals surface area contributed by atoms with Crippen molar-refractivity contribution in [1.29, 1.82) is 0 Å². The minimum atomic E-state index is -0.195. The van der Waals surface area contributed by atoms with Crippen LogP contribution in [0.4, 0.5) is 5.69 Å². The van der Waals surface area contributed by atoms with Crippen LogP contribution in [0, 0.1) is 5.41 Å². The molecule has 2 nitrogen and oxygen atoms in total. The van der Waals surface area contributed by atoms with E-state index in [1.807, 2.05) is 20.8 Å². The van der Waals surface area contributed by atoms with Crippen molar-refractivity contribution in [2.24, 2.45) is 10.5 Å². The number of hydrogen-bond acceptors (Lipinski definition) is 2. The van der Waals surface area contributed by atoms with E-state index in [0.717, 1.165) is 0 Å². The molecule has 0 aliphatic rings. The summed E-state index contributed by atoms with van der Waals surface area (Å²) in [4.78, 5) is 0. The van der Waals surface area contributed by atoms with E-state index < -0.39 is 0 Å². The van der Waals surface area contributed by atoms with Crippen molar-refractivity contribution in [3.63, 3.8) is 0 Å². The third-order valence-corrected chi connectivity index (χ3v) is 3.04. The zero-order valence-corrected chi connectivity index (χ0v) is 11.6. The average molecular weight is 280 g/mol. The highest BCUT2D eigenvalue weighted by Gasteiger charge is 2.16. The first-order valence-corrected chi connectivity index (χ1v) is 5.89. The summed E-state index contributed by atoms with van der Waals surface area (Å²) in [6, 6.07) is 5.11. The lowest BCUT2D eigenvalue weighted by Crippen LogP contribution is -2.15. The third-order valence-electron chi connectivity index (χ3n) is 1.82. The van der Waals surface area contributed by atoms with Crippen molar-refractivity contribution in [3.05, 3.63) is 28.2 Å². The fourth-order valence-corrected chi connectivity index (χ4v) is 1.23. The maximum absolute atomic E-state index is 6.01. The Balaban J connectivity index is 2.86. The first-order chi connectivity index (χ1) is 7.30. The van der Waals surface area contributed by atoms with Crippen molar-refractivity contribution in [2.75, 3.05) is 5.43 Å². The van der Waals surface area contributed by atoms with Gasteiger partial charge in [-0.25, -0.2) is 0 Å². The van der Waals surface area contributed by atoms with E-state index in [1.165, 1.54) is 0 Å².